The van der Waals surface area contributed by atoms with Crippen molar-refractivity contribution in [2.45, 2.75) is 37.6 Å². The lowest BCUT2D eigenvalue weighted by atomic mass is 10.1. The summed E-state index contributed by atoms with van der Waals surface area (Å²) in [7, 11) is -2.64. The fourth-order valence-corrected chi connectivity index (χ4v) is 5.47. The maximum absolute atomic E-state index is 13.2. The molecule has 1 fully saturated rings. The number of ether oxygens (including phenoxy) is 3. The number of methoxy groups -OCH3 is 1. The summed E-state index contributed by atoms with van der Waals surface area (Å²) in [6.45, 7) is 3.93. The summed E-state index contributed by atoms with van der Waals surface area (Å²) >= 11 is 6.18. The first kappa shape index (κ1) is 24.2. The number of morpholine rings is 1. The zero-order valence-corrected chi connectivity index (χ0v) is 19.5. The van der Waals surface area contributed by atoms with Crippen LogP contribution in [-0.2, 0) is 30.8 Å². The molecule has 0 amide bonds. The highest BCUT2D eigenvalue weighted by Gasteiger charge is 2.34. The van der Waals surface area contributed by atoms with E-state index < -0.39 is 22.0 Å². The van der Waals surface area contributed by atoms with E-state index in [0.29, 0.717) is 11.1 Å². The Kier molecular flexibility index (Phi) is 7.55. The normalized spacial score (nSPS) is 19.4. The lowest BCUT2D eigenvalue weighted by Crippen LogP contribution is -2.48. The predicted octanol–water partition coefficient (Wildman–Crippen LogP) is 3.28. The molecule has 10 heteroatoms. The van der Waals surface area contributed by atoms with E-state index in [0.717, 1.165) is 0 Å². The van der Waals surface area contributed by atoms with Gasteiger partial charge in [0.15, 0.2) is 0 Å². The van der Waals surface area contributed by atoms with Crippen molar-refractivity contribution in [1.29, 1.82) is 0 Å². The van der Waals surface area contributed by atoms with E-state index in [2.05, 4.69) is 4.74 Å². The summed E-state index contributed by atoms with van der Waals surface area (Å²) < 4.78 is 43.2. The number of benzene rings is 2. The number of hydrogen-bond acceptors (Lipinski definition) is 7. The second kappa shape index (κ2) is 9.99. The number of nitrogens with zero attached hydrogens (tertiary/aromatic N) is 1. The molecule has 2 aromatic carbocycles. The number of rotatable bonds is 6. The Morgan fingerprint density at radius 1 is 1.03 bits per heavy atom. The van der Waals surface area contributed by atoms with E-state index >= 15 is 0 Å². The average molecular weight is 482 g/mol. The fourth-order valence-electron chi connectivity index (χ4n) is 3.38. The molecule has 32 heavy (non-hydrogen) atoms. The highest BCUT2D eigenvalue weighted by atomic mass is 35.5. The lowest BCUT2D eigenvalue weighted by molar-refractivity contribution is -0.0440. The van der Waals surface area contributed by atoms with Crippen molar-refractivity contribution in [3.63, 3.8) is 0 Å². The van der Waals surface area contributed by atoms with E-state index in [1.54, 1.807) is 38.1 Å². The van der Waals surface area contributed by atoms with Crippen LogP contribution >= 0.6 is 11.6 Å². The van der Waals surface area contributed by atoms with Crippen LogP contribution in [0.1, 0.15) is 40.1 Å². The van der Waals surface area contributed by atoms with Crippen LogP contribution in [-0.4, -0.2) is 57.1 Å². The van der Waals surface area contributed by atoms with Gasteiger partial charge in [-0.2, -0.15) is 4.31 Å². The third kappa shape index (κ3) is 5.47. The summed E-state index contributed by atoms with van der Waals surface area (Å²) in [6, 6.07) is 10.4. The van der Waals surface area contributed by atoms with Crippen LogP contribution in [0.2, 0.25) is 5.02 Å². The third-order valence-electron chi connectivity index (χ3n) is 4.92. The number of halogens is 1. The number of hydrogen-bond donors (Lipinski definition) is 0. The minimum absolute atomic E-state index is 0.0201. The molecule has 0 spiro atoms. The van der Waals surface area contributed by atoms with Crippen LogP contribution in [0.5, 0.6) is 0 Å². The number of carbonyl (C=O) groups is 2. The molecule has 1 saturated heterocycles. The standard InChI is InChI=1S/C22H24ClNO7S/c1-14-11-24(12-15(2)31-14)32(27,28)20-10-18(8-9-19(20)23)22(26)30-13-16-4-6-17(7-5-16)21(25)29-3/h4-10,14-15H,11-13H2,1-3H3/t14-,15+. The van der Waals surface area contributed by atoms with Crippen molar-refractivity contribution in [2.24, 2.45) is 0 Å². The van der Waals surface area contributed by atoms with Gasteiger partial charge < -0.3 is 14.2 Å². The van der Waals surface area contributed by atoms with Crippen LogP contribution in [0, 0.1) is 0 Å². The largest absolute Gasteiger partial charge is 0.465 e. The monoisotopic (exact) mass is 481 g/mol. The van der Waals surface area contributed by atoms with E-state index in [1.165, 1.54) is 29.6 Å². The summed E-state index contributed by atoms with van der Waals surface area (Å²) in [5.74, 6) is -1.16. The SMILES string of the molecule is COC(=O)c1ccc(COC(=O)c2ccc(Cl)c(S(=O)(=O)N3C[C@@H](C)O[C@@H](C)C3)c2)cc1. The smallest absolute Gasteiger partial charge is 0.338 e. The molecule has 3 rings (SSSR count). The predicted molar refractivity (Wildman–Crippen MR) is 117 cm³/mol. The van der Waals surface area contributed by atoms with E-state index in [4.69, 9.17) is 21.1 Å². The van der Waals surface area contributed by atoms with Crippen LogP contribution in [0.15, 0.2) is 47.4 Å². The van der Waals surface area contributed by atoms with E-state index in [9.17, 15) is 18.0 Å². The molecule has 2 aromatic rings. The van der Waals surface area contributed by atoms with Crippen molar-refractivity contribution >= 4 is 33.6 Å². The molecule has 172 valence electrons. The molecule has 1 aliphatic heterocycles. The average Bonchev–Trinajstić information content (AvgIpc) is 2.76. The van der Waals surface area contributed by atoms with Crippen molar-refractivity contribution in [2.75, 3.05) is 20.2 Å². The Morgan fingerprint density at radius 3 is 2.22 bits per heavy atom. The van der Waals surface area contributed by atoms with Crippen molar-refractivity contribution < 1.29 is 32.2 Å². The first-order valence-electron chi connectivity index (χ1n) is 9.91. The Labute approximate surface area is 192 Å². The zero-order chi connectivity index (χ0) is 23.5. The van der Waals surface area contributed by atoms with Gasteiger partial charge in [0, 0.05) is 13.1 Å². The summed E-state index contributed by atoms with van der Waals surface area (Å²) in [5, 5.41) is 0.0201. The highest BCUT2D eigenvalue weighted by molar-refractivity contribution is 7.89. The summed E-state index contributed by atoms with van der Waals surface area (Å²) in [5.41, 5.74) is 1.10. The molecule has 1 heterocycles. The van der Waals surface area contributed by atoms with Gasteiger partial charge in [-0.15, -0.1) is 0 Å². The van der Waals surface area contributed by atoms with Crippen molar-refractivity contribution in [3.8, 4) is 0 Å². The number of carbonyl (C=O) groups excluding carboxylic acids is 2. The molecule has 0 aromatic heterocycles. The van der Waals surface area contributed by atoms with Gasteiger partial charge in [-0.05, 0) is 49.7 Å². The molecule has 1 aliphatic rings. The Morgan fingerprint density at radius 2 is 1.62 bits per heavy atom. The van der Waals surface area contributed by atoms with Crippen LogP contribution in [0.4, 0.5) is 0 Å². The molecule has 0 N–H and O–H groups in total. The lowest BCUT2D eigenvalue weighted by Gasteiger charge is -2.34. The van der Waals surface area contributed by atoms with Gasteiger partial charge in [-0.25, -0.2) is 18.0 Å². The number of esters is 2. The van der Waals surface area contributed by atoms with E-state index in [1.807, 2.05) is 0 Å². The molecule has 0 saturated carbocycles. The molecular formula is C22H24ClNO7S. The Bertz CT molecular complexity index is 1090. The second-order valence-electron chi connectivity index (χ2n) is 7.49. The van der Waals surface area contributed by atoms with Crippen molar-refractivity contribution in [1.82, 2.24) is 4.31 Å². The molecule has 0 radical (unpaired) electrons. The maximum atomic E-state index is 13.2. The molecule has 8 nitrogen and oxygen atoms in total. The quantitative estimate of drug-likeness (QED) is 0.584. The number of sulfonamides is 1. The van der Waals surface area contributed by atoms with E-state index in [-0.39, 0.29) is 47.4 Å². The Balaban J connectivity index is 1.74. The maximum Gasteiger partial charge on any atom is 0.338 e. The van der Waals surface area contributed by atoms with Gasteiger partial charge in [-0.1, -0.05) is 23.7 Å². The summed E-state index contributed by atoms with van der Waals surface area (Å²) in [6.07, 6.45) is -0.517. The molecular weight excluding hydrogens is 458 g/mol. The first-order valence-corrected chi connectivity index (χ1v) is 11.7. The van der Waals surface area contributed by atoms with Crippen molar-refractivity contribution in [3.05, 3.63) is 64.2 Å². The van der Waals surface area contributed by atoms with Gasteiger partial charge in [0.25, 0.3) is 0 Å². The van der Waals surface area contributed by atoms with Gasteiger partial charge in [0.1, 0.15) is 11.5 Å². The summed E-state index contributed by atoms with van der Waals surface area (Å²) in [4.78, 5) is 23.9. The minimum Gasteiger partial charge on any atom is -0.465 e. The van der Waals surface area contributed by atoms with Crippen LogP contribution in [0.3, 0.4) is 0 Å². The molecule has 0 aliphatic carbocycles. The highest BCUT2D eigenvalue weighted by Crippen LogP contribution is 2.28. The molecule has 0 bridgehead atoms. The fraction of sp³-hybridized carbons (Fsp3) is 0.364. The van der Waals surface area contributed by atoms with Gasteiger partial charge in [0.05, 0.1) is 35.5 Å². The zero-order valence-electron chi connectivity index (χ0n) is 17.9. The first-order chi connectivity index (χ1) is 15.1. The molecule has 2 atom stereocenters. The third-order valence-corrected chi connectivity index (χ3v) is 7.23. The van der Waals surface area contributed by atoms with Gasteiger partial charge in [0.2, 0.25) is 10.0 Å². The topological polar surface area (TPSA) is 99.2 Å². The second-order valence-corrected chi connectivity index (χ2v) is 9.80. The van der Waals surface area contributed by atoms with Crippen LogP contribution < -0.4 is 0 Å². The minimum atomic E-state index is -3.93. The van der Waals surface area contributed by atoms with Gasteiger partial charge in [-0.3, -0.25) is 0 Å². The van der Waals surface area contributed by atoms with Crippen LogP contribution in [0.25, 0.3) is 0 Å². The Hall–Kier alpha value is -2.46. The molecule has 0 unspecified atom stereocenters. The van der Waals surface area contributed by atoms with Gasteiger partial charge >= 0.3 is 11.9 Å².